The van der Waals surface area contributed by atoms with E-state index in [-0.39, 0.29) is 25.7 Å². The maximum Gasteiger partial charge on any atom is 0.472 e. The molecule has 0 aliphatic carbocycles. The molecule has 0 heterocycles. The van der Waals surface area contributed by atoms with Gasteiger partial charge in [0.15, 0.2) is 12.2 Å². The van der Waals surface area contributed by atoms with Crippen molar-refractivity contribution in [3.63, 3.8) is 0 Å². The minimum absolute atomic E-state index is 0.102. The third kappa shape index (κ3) is 72.2. The number of aliphatic hydroxyl groups is 1. The number of phosphoric acid groups is 2. The van der Waals surface area contributed by atoms with Crippen LogP contribution in [0.4, 0.5) is 0 Å². The Labute approximate surface area is 594 Å². The summed E-state index contributed by atoms with van der Waals surface area (Å²) in [6.45, 7) is 9.52. The number of hydrogen-bond acceptors (Lipinski definition) is 15. The number of phosphoric ester groups is 2. The number of esters is 4. The number of unbranched alkanes of at least 4 members (excludes halogenated alkanes) is 47. The van der Waals surface area contributed by atoms with Crippen molar-refractivity contribution in [1.82, 2.24) is 0 Å². The van der Waals surface area contributed by atoms with Crippen molar-refractivity contribution in [1.29, 1.82) is 0 Å². The zero-order valence-corrected chi connectivity index (χ0v) is 65.2. The molecule has 0 radical (unpaired) electrons. The Morgan fingerprint density at radius 3 is 0.701 bits per heavy atom. The van der Waals surface area contributed by atoms with Gasteiger partial charge in [-0.1, -0.05) is 356 Å². The zero-order chi connectivity index (χ0) is 71.4. The Hall–Kier alpha value is -1.94. The molecule has 0 saturated heterocycles. The summed E-state index contributed by atoms with van der Waals surface area (Å²) in [7, 11) is -9.91. The van der Waals surface area contributed by atoms with Gasteiger partial charge in [0.05, 0.1) is 26.4 Å². The van der Waals surface area contributed by atoms with Crippen molar-refractivity contribution >= 4 is 39.5 Å². The molecule has 576 valence electrons. The number of carbonyl (C=O) groups excluding carboxylic acids is 4. The molecule has 5 atom stereocenters. The molecule has 2 unspecified atom stereocenters. The SMILES string of the molecule is CCCCCCCCCCCCCCCCCCCCCC(=O)OC[C@H](COP(=O)(O)OC[C@@H](O)COP(=O)(O)OC[C@@H](COC(=O)CCCCCCCCCC)OC(=O)CCCCCCCCC(C)C)OC(=O)CCCCCCCCCCCCCCCCCCCCC(C)C. The minimum Gasteiger partial charge on any atom is -0.462 e. The van der Waals surface area contributed by atoms with Gasteiger partial charge in [-0.05, 0) is 37.5 Å². The lowest BCUT2D eigenvalue weighted by atomic mass is 10.0. The number of aliphatic hydroxyl groups excluding tert-OH is 1. The van der Waals surface area contributed by atoms with Crippen molar-refractivity contribution in [3.8, 4) is 0 Å². The van der Waals surface area contributed by atoms with Crippen LogP contribution in [-0.4, -0.2) is 96.7 Å². The minimum atomic E-state index is -4.96. The molecule has 0 aromatic rings. The smallest absolute Gasteiger partial charge is 0.462 e. The normalized spacial score (nSPS) is 14.0. The average molecular weight is 1420 g/mol. The first-order chi connectivity index (χ1) is 46.9. The van der Waals surface area contributed by atoms with Gasteiger partial charge in [-0.25, -0.2) is 9.13 Å². The standard InChI is InChI=1S/C78H152O17P2/c1-7-9-11-13-15-17-18-19-20-21-22-26-29-32-35-38-42-49-55-61-76(81)89-66-73(94-77(82)62-56-50-43-39-36-33-30-27-24-23-25-28-31-34-37-40-46-52-58-70(3)4)68-92-96(84,85)90-64-72(79)65-91-97(86,87)93-69-74(67-88-75(80)60-54-48-41-16-14-12-10-8-2)95-78(83)63-57-51-45-44-47-53-59-71(5)6/h70-74,79H,7-69H2,1-6H3,(H,84,85)(H,86,87)/t72-,73-,74-/m1/s1. The van der Waals surface area contributed by atoms with Crippen LogP contribution in [0.3, 0.4) is 0 Å². The van der Waals surface area contributed by atoms with Crippen LogP contribution in [0.1, 0.15) is 408 Å². The van der Waals surface area contributed by atoms with Crippen molar-refractivity contribution in [2.24, 2.45) is 11.8 Å². The van der Waals surface area contributed by atoms with E-state index in [4.69, 9.17) is 37.0 Å². The lowest BCUT2D eigenvalue weighted by Crippen LogP contribution is -2.30. The summed E-state index contributed by atoms with van der Waals surface area (Å²) in [4.78, 5) is 72.7. The molecule has 0 aromatic heterocycles. The zero-order valence-electron chi connectivity index (χ0n) is 63.4. The molecule has 0 rings (SSSR count). The third-order valence-electron chi connectivity index (χ3n) is 18.2. The first kappa shape index (κ1) is 95.1. The fourth-order valence-electron chi connectivity index (χ4n) is 12.0. The lowest BCUT2D eigenvalue weighted by molar-refractivity contribution is -0.161. The summed E-state index contributed by atoms with van der Waals surface area (Å²) in [6, 6.07) is 0. The Balaban J connectivity index is 5.15. The van der Waals surface area contributed by atoms with Crippen LogP contribution in [0.15, 0.2) is 0 Å². The Morgan fingerprint density at radius 1 is 0.278 bits per heavy atom. The van der Waals surface area contributed by atoms with E-state index in [2.05, 4.69) is 41.5 Å². The predicted octanol–water partition coefficient (Wildman–Crippen LogP) is 23.1. The van der Waals surface area contributed by atoms with Crippen LogP contribution >= 0.6 is 15.6 Å². The van der Waals surface area contributed by atoms with Gasteiger partial charge in [-0.3, -0.25) is 37.3 Å². The Bertz CT molecular complexity index is 1870. The Morgan fingerprint density at radius 2 is 0.474 bits per heavy atom. The van der Waals surface area contributed by atoms with Gasteiger partial charge >= 0.3 is 39.5 Å². The summed E-state index contributed by atoms with van der Waals surface area (Å²) in [5.74, 6) is -0.632. The van der Waals surface area contributed by atoms with Crippen molar-refractivity contribution in [2.75, 3.05) is 39.6 Å². The molecular formula is C78H152O17P2. The van der Waals surface area contributed by atoms with Gasteiger partial charge in [-0.15, -0.1) is 0 Å². The molecule has 3 N–H and O–H groups in total. The quantitative estimate of drug-likeness (QED) is 0.0222. The highest BCUT2D eigenvalue weighted by Gasteiger charge is 2.30. The molecule has 0 aliphatic heterocycles. The van der Waals surface area contributed by atoms with Gasteiger partial charge in [0.1, 0.15) is 19.3 Å². The van der Waals surface area contributed by atoms with Crippen LogP contribution in [0.5, 0.6) is 0 Å². The summed E-state index contributed by atoms with van der Waals surface area (Å²) in [5.41, 5.74) is 0. The monoisotopic (exact) mass is 1420 g/mol. The number of ether oxygens (including phenoxy) is 4. The molecule has 0 spiro atoms. The maximum absolute atomic E-state index is 13.1. The second-order valence-corrected chi connectivity index (χ2v) is 32.0. The molecule has 0 saturated carbocycles. The summed E-state index contributed by atoms with van der Waals surface area (Å²) in [5, 5.41) is 10.6. The van der Waals surface area contributed by atoms with Gasteiger partial charge < -0.3 is 33.8 Å². The van der Waals surface area contributed by atoms with E-state index in [0.29, 0.717) is 31.6 Å². The fourth-order valence-corrected chi connectivity index (χ4v) is 13.6. The molecule has 19 heteroatoms. The average Bonchev–Trinajstić information content (AvgIpc) is 1.63. The van der Waals surface area contributed by atoms with E-state index >= 15 is 0 Å². The first-order valence-corrected chi connectivity index (χ1v) is 43.5. The lowest BCUT2D eigenvalue weighted by Gasteiger charge is -2.21. The van der Waals surface area contributed by atoms with E-state index < -0.39 is 97.5 Å². The molecule has 0 bridgehead atoms. The Kier molecular flexibility index (Phi) is 68.4. The van der Waals surface area contributed by atoms with E-state index in [1.807, 2.05) is 0 Å². The molecule has 0 aliphatic rings. The van der Waals surface area contributed by atoms with Crippen LogP contribution < -0.4 is 0 Å². The molecule has 17 nitrogen and oxygen atoms in total. The van der Waals surface area contributed by atoms with E-state index in [1.165, 1.54) is 218 Å². The van der Waals surface area contributed by atoms with Crippen molar-refractivity contribution in [2.45, 2.75) is 426 Å². The number of carbonyl (C=O) groups is 4. The first-order valence-electron chi connectivity index (χ1n) is 40.5. The largest absolute Gasteiger partial charge is 0.472 e. The molecular weight excluding hydrogens is 1270 g/mol. The highest BCUT2D eigenvalue weighted by Crippen LogP contribution is 2.45. The van der Waals surface area contributed by atoms with Gasteiger partial charge in [0.2, 0.25) is 0 Å². The topological polar surface area (TPSA) is 237 Å². The maximum atomic E-state index is 13.1. The van der Waals surface area contributed by atoms with Gasteiger partial charge in [0, 0.05) is 25.7 Å². The number of hydrogen-bond donors (Lipinski definition) is 3. The van der Waals surface area contributed by atoms with E-state index in [9.17, 15) is 43.2 Å². The van der Waals surface area contributed by atoms with Gasteiger partial charge in [0.25, 0.3) is 0 Å². The summed E-state index contributed by atoms with van der Waals surface area (Å²) in [6.07, 6.45) is 58.8. The molecule has 97 heavy (non-hydrogen) atoms. The van der Waals surface area contributed by atoms with E-state index in [1.54, 1.807) is 0 Å². The highest BCUT2D eigenvalue weighted by molar-refractivity contribution is 7.47. The van der Waals surface area contributed by atoms with Gasteiger partial charge in [-0.2, -0.15) is 0 Å². The predicted molar refractivity (Wildman–Crippen MR) is 395 cm³/mol. The van der Waals surface area contributed by atoms with Crippen molar-refractivity contribution in [3.05, 3.63) is 0 Å². The van der Waals surface area contributed by atoms with Crippen LogP contribution in [0, 0.1) is 11.8 Å². The summed E-state index contributed by atoms with van der Waals surface area (Å²) < 4.78 is 68.4. The van der Waals surface area contributed by atoms with Crippen molar-refractivity contribution < 1.29 is 80.2 Å². The van der Waals surface area contributed by atoms with Crippen LogP contribution in [0.25, 0.3) is 0 Å². The third-order valence-corrected chi connectivity index (χ3v) is 20.1. The highest BCUT2D eigenvalue weighted by atomic mass is 31.2. The molecule has 0 amide bonds. The second-order valence-electron chi connectivity index (χ2n) is 29.1. The van der Waals surface area contributed by atoms with E-state index in [0.717, 1.165) is 102 Å². The second kappa shape index (κ2) is 69.8. The molecule has 0 fully saturated rings. The van der Waals surface area contributed by atoms with Crippen LogP contribution in [-0.2, 0) is 65.4 Å². The fraction of sp³-hybridized carbons (Fsp3) is 0.949. The summed E-state index contributed by atoms with van der Waals surface area (Å²) >= 11 is 0. The molecule has 0 aromatic carbocycles. The van der Waals surface area contributed by atoms with Crippen LogP contribution in [0.2, 0.25) is 0 Å². The number of rotatable bonds is 77.